The maximum absolute atomic E-state index is 12.5. The van der Waals surface area contributed by atoms with Crippen molar-refractivity contribution in [2.45, 2.75) is 6.42 Å². The van der Waals surface area contributed by atoms with Crippen molar-refractivity contribution in [3.8, 4) is 23.0 Å². The fourth-order valence-corrected chi connectivity index (χ4v) is 3.00. The molecule has 0 aliphatic rings. The topological polar surface area (TPSA) is 71.1 Å². The molecule has 154 valence electrons. The van der Waals surface area contributed by atoms with Crippen LogP contribution in [0.3, 0.4) is 0 Å². The van der Waals surface area contributed by atoms with Gasteiger partial charge < -0.3 is 18.9 Å². The van der Waals surface area contributed by atoms with E-state index in [-0.39, 0.29) is 12.2 Å². The van der Waals surface area contributed by atoms with E-state index in [0.29, 0.717) is 39.7 Å². The van der Waals surface area contributed by atoms with Gasteiger partial charge >= 0.3 is 5.97 Å². The number of esters is 1. The number of carbonyl (C=O) groups is 2. The highest BCUT2D eigenvalue weighted by Crippen LogP contribution is 2.38. The smallest absolute Gasteiger partial charge is 0.315 e. The molecule has 0 radical (unpaired) electrons. The lowest BCUT2D eigenvalue weighted by Crippen LogP contribution is -2.12. The molecular weight excluding hydrogens is 384 g/mol. The van der Waals surface area contributed by atoms with Gasteiger partial charge in [0.1, 0.15) is 5.75 Å². The molecule has 0 spiro atoms. The summed E-state index contributed by atoms with van der Waals surface area (Å²) in [4.78, 5) is 24.8. The normalized spacial score (nSPS) is 10.2. The molecule has 0 bridgehead atoms. The second kappa shape index (κ2) is 9.60. The maximum atomic E-state index is 12.5. The molecule has 0 fully saturated rings. The Morgan fingerprint density at radius 3 is 1.83 bits per heavy atom. The molecule has 3 aromatic carbocycles. The number of hydrogen-bond acceptors (Lipinski definition) is 6. The second-order valence-corrected chi connectivity index (χ2v) is 6.40. The van der Waals surface area contributed by atoms with Crippen molar-refractivity contribution in [1.82, 2.24) is 0 Å². The SMILES string of the molecule is COc1cc(CC(=O)Oc2ccc(C(=O)c3ccccc3)cc2)cc(OC)c1OC. The Hall–Kier alpha value is -3.80. The summed E-state index contributed by atoms with van der Waals surface area (Å²) in [7, 11) is 4.54. The van der Waals surface area contributed by atoms with Crippen LogP contribution in [0.1, 0.15) is 21.5 Å². The summed E-state index contributed by atoms with van der Waals surface area (Å²) in [5.41, 5.74) is 1.78. The summed E-state index contributed by atoms with van der Waals surface area (Å²) in [5, 5.41) is 0. The first-order chi connectivity index (χ1) is 14.5. The van der Waals surface area contributed by atoms with Crippen molar-refractivity contribution in [2.24, 2.45) is 0 Å². The van der Waals surface area contributed by atoms with Gasteiger partial charge in [0.25, 0.3) is 0 Å². The number of ketones is 1. The van der Waals surface area contributed by atoms with Gasteiger partial charge in [-0.1, -0.05) is 30.3 Å². The van der Waals surface area contributed by atoms with Crippen LogP contribution < -0.4 is 18.9 Å². The van der Waals surface area contributed by atoms with Gasteiger partial charge in [0.2, 0.25) is 5.75 Å². The average molecular weight is 406 g/mol. The number of ether oxygens (including phenoxy) is 4. The molecule has 0 heterocycles. The maximum Gasteiger partial charge on any atom is 0.315 e. The van der Waals surface area contributed by atoms with Crippen molar-refractivity contribution >= 4 is 11.8 Å². The van der Waals surface area contributed by atoms with E-state index in [1.807, 2.05) is 18.2 Å². The van der Waals surface area contributed by atoms with E-state index in [4.69, 9.17) is 18.9 Å². The Bertz CT molecular complexity index is 1000. The summed E-state index contributed by atoms with van der Waals surface area (Å²) in [6.45, 7) is 0. The predicted molar refractivity (Wildman–Crippen MR) is 112 cm³/mol. The van der Waals surface area contributed by atoms with Crippen LogP contribution in [0.5, 0.6) is 23.0 Å². The Balaban J connectivity index is 1.69. The molecule has 0 saturated heterocycles. The van der Waals surface area contributed by atoms with E-state index in [1.54, 1.807) is 48.5 Å². The van der Waals surface area contributed by atoms with Gasteiger partial charge in [-0.3, -0.25) is 9.59 Å². The third-order valence-electron chi connectivity index (χ3n) is 4.46. The van der Waals surface area contributed by atoms with Crippen LogP contribution in [-0.2, 0) is 11.2 Å². The molecule has 0 aliphatic carbocycles. The third-order valence-corrected chi connectivity index (χ3v) is 4.46. The average Bonchev–Trinajstić information content (AvgIpc) is 2.78. The summed E-state index contributed by atoms with van der Waals surface area (Å²) in [6, 6.07) is 18.9. The first kappa shape index (κ1) is 20.9. The van der Waals surface area contributed by atoms with E-state index < -0.39 is 5.97 Å². The van der Waals surface area contributed by atoms with Crippen molar-refractivity contribution in [1.29, 1.82) is 0 Å². The lowest BCUT2D eigenvalue weighted by molar-refractivity contribution is -0.133. The van der Waals surface area contributed by atoms with Crippen molar-refractivity contribution in [2.75, 3.05) is 21.3 Å². The summed E-state index contributed by atoms with van der Waals surface area (Å²) >= 11 is 0. The van der Waals surface area contributed by atoms with E-state index >= 15 is 0 Å². The molecule has 0 atom stereocenters. The van der Waals surface area contributed by atoms with Crippen LogP contribution in [0, 0.1) is 0 Å². The first-order valence-corrected chi connectivity index (χ1v) is 9.25. The summed E-state index contributed by atoms with van der Waals surface area (Å²) in [5.74, 6) is 1.19. The fourth-order valence-electron chi connectivity index (χ4n) is 3.00. The van der Waals surface area contributed by atoms with Crippen molar-refractivity contribution in [3.05, 3.63) is 83.4 Å². The molecule has 3 aromatic rings. The Morgan fingerprint density at radius 1 is 0.733 bits per heavy atom. The molecule has 0 aliphatic heterocycles. The van der Waals surface area contributed by atoms with Crippen LogP contribution in [0.4, 0.5) is 0 Å². The first-order valence-electron chi connectivity index (χ1n) is 9.25. The minimum atomic E-state index is -0.452. The second-order valence-electron chi connectivity index (χ2n) is 6.40. The van der Waals surface area contributed by atoms with Crippen LogP contribution >= 0.6 is 0 Å². The quantitative estimate of drug-likeness (QED) is 0.319. The van der Waals surface area contributed by atoms with E-state index in [2.05, 4.69) is 0 Å². The molecule has 0 saturated carbocycles. The van der Waals surface area contributed by atoms with Crippen molar-refractivity contribution < 1.29 is 28.5 Å². The van der Waals surface area contributed by atoms with Crippen LogP contribution in [0.15, 0.2) is 66.7 Å². The highest BCUT2D eigenvalue weighted by Gasteiger charge is 2.16. The van der Waals surface area contributed by atoms with Gasteiger partial charge in [-0.25, -0.2) is 0 Å². The lowest BCUT2D eigenvalue weighted by atomic mass is 10.0. The fraction of sp³-hybridized carbons (Fsp3) is 0.167. The molecule has 0 N–H and O–H groups in total. The summed E-state index contributed by atoms with van der Waals surface area (Å²) in [6.07, 6.45) is 0.0153. The van der Waals surface area contributed by atoms with E-state index in [9.17, 15) is 9.59 Å². The minimum absolute atomic E-state index is 0.0153. The number of carbonyl (C=O) groups excluding carboxylic acids is 2. The lowest BCUT2D eigenvalue weighted by Gasteiger charge is -2.14. The van der Waals surface area contributed by atoms with Gasteiger partial charge in [0.05, 0.1) is 27.8 Å². The highest BCUT2D eigenvalue weighted by molar-refractivity contribution is 6.09. The molecule has 0 aromatic heterocycles. The van der Waals surface area contributed by atoms with Gasteiger partial charge in [0, 0.05) is 11.1 Å². The zero-order valence-corrected chi connectivity index (χ0v) is 17.0. The zero-order chi connectivity index (χ0) is 21.5. The van der Waals surface area contributed by atoms with E-state index in [0.717, 1.165) is 0 Å². The number of benzene rings is 3. The monoisotopic (exact) mass is 406 g/mol. The molecule has 30 heavy (non-hydrogen) atoms. The van der Waals surface area contributed by atoms with E-state index in [1.165, 1.54) is 21.3 Å². The van der Waals surface area contributed by atoms with Crippen LogP contribution in [0.25, 0.3) is 0 Å². The number of hydrogen-bond donors (Lipinski definition) is 0. The number of methoxy groups -OCH3 is 3. The molecular formula is C24H22O6. The third kappa shape index (κ3) is 4.78. The Labute approximate surface area is 175 Å². The summed E-state index contributed by atoms with van der Waals surface area (Å²) < 4.78 is 21.3. The minimum Gasteiger partial charge on any atom is -0.493 e. The Morgan fingerprint density at radius 2 is 1.30 bits per heavy atom. The van der Waals surface area contributed by atoms with Crippen LogP contribution in [0.2, 0.25) is 0 Å². The predicted octanol–water partition coefficient (Wildman–Crippen LogP) is 4.09. The van der Waals surface area contributed by atoms with Crippen LogP contribution in [-0.4, -0.2) is 33.1 Å². The largest absolute Gasteiger partial charge is 0.493 e. The molecule has 0 unspecified atom stereocenters. The Kier molecular flexibility index (Phi) is 6.70. The van der Waals surface area contributed by atoms with Gasteiger partial charge in [-0.2, -0.15) is 0 Å². The standard InChI is InChI=1S/C24H22O6/c1-27-20-13-16(14-21(28-2)24(20)29-3)15-22(25)30-19-11-9-18(10-12-19)23(26)17-7-5-4-6-8-17/h4-14H,15H2,1-3H3. The molecule has 0 amide bonds. The highest BCUT2D eigenvalue weighted by atomic mass is 16.5. The zero-order valence-electron chi connectivity index (χ0n) is 17.0. The van der Waals surface area contributed by atoms with Gasteiger partial charge in [-0.15, -0.1) is 0 Å². The molecule has 6 heteroatoms. The molecule has 6 nitrogen and oxygen atoms in total. The van der Waals surface area contributed by atoms with Gasteiger partial charge in [-0.05, 0) is 42.0 Å². The molecule has 3 rings (SSSR count). The number of rotatable bonds is 8. The van der Waals surface area contributed by atoms with Crippen molar-refractivity contribution in [3.63, 3.8) is 0 Å². The van der Waals surface area contributed by atoms with Gasteiger partial charge in [0.15, 0.2) is 17.3 Å².